The van der Waals surface area contributed by atoms with E-state index in [9.17, 15) is 9.18 Å². The lowest BCUT2D eigenvalue weighted by Gasteiger charge is -2.32. The lowest BCUT2D eigenvalue weighted by atomic mass is 9.92. The molecule has 1 heterocycles. The third-order valence-corrected chi connectivity index (χ3v) is 3.58. The zero-order valence-electron chi connectivity index (χ0n) is 11.5. The zero-order valence-corrected chi connectivity index (χ0v) is 11.5. The molecular formula is C15H20FNO. The number of nitrogens with zero attached hydrogens (tertiary/aromatic N) is 1. The van der Waals surface area contributed by atoms with Gasteiger partial charge in [0.2, 0.25) is 0 Å². The van der Waals surface area contributed by atoms with Gasteiger partial charge < -0.3 is 4.90 Å². The monoisotopic (exact) mass is 249 g/mol. The van der Waals surface area contributed by atoms with Crippen LogP contribution >= 0.6 is 0 Å². The van der Waals surface area contributed by atoms with E-state index in [0.29, 0.717) is 11.1 Å². The number of benzene rings is 1. The van der Waals surface area contributed by atoms with Crippen molar-refractivity contribution in [1.82, 2.24) is 4.90 Å². The number of halogens is 1. The highest BCUT2D eigenvalue weighted by atomic mass is 19.1. The van der Waals surface area contributed by atoms with Crippen LogP contribution in [0.15, 0.2) is 12.1 Å². The molecule has 0 N–H and O–H groups in total. The van der Waals surface area contributed by atoms with Gasteiger partial charge in [-0.25, -0.2) is 4.39 Å². The highest BCUT2D eigenvalue weighted by molar-refractivity contribution is 5.97. The number of rotatable bonds is 2. The molecule has 0 bridgehead atoms. The minimum atomic E-state index is -0.261. The third kappa shape index (κ3) is 2.14. The molecule has 1 aromatic rings. The van der Waals surface area contributed by atoms with Crippen LogP contribution in [0.4, 0.5) is 4.39 Å². The molecule has 2 rings (SSSR count). The van der Waals surface area contributed by atoms with Crippen LogP contribution in [-0.4, -0.2) is 23.4 Å². The highest BCUT2D eigenvalue weighted by Crippen LogP contribution is 2.27. The van der Waals surface area contributed by atoms with Crippen LogP contribution in [0.3, 0.4) is 0 Å². The van der Waals surface area contributed by atoms with Gasteiger partial charge in [0.15, 0.2) is 0 Å². The fourth-order valence-electron chi connectivity index (χ4n) is 2.48. The second-order valence-electron chi connectivity index (χ2n) is 5.53. The van der Waals surface area contributed by atoms with Crippen LogP contribution in [0.5, 0.6) is 0 Å². The second kappa shape index (κ2) is 4.71. The average Bonchev–Trinajstić information content (AvgIpc) is 2.28. The molecule has 0 aromatic heterocycles. The Hall–Kier alpha value is -1.38. The number of carbonyl (C=O) groups is 1. The minimum absolute atomic E-state index is 0.0412. The van der Waals surface area contributed by atoms with Crippen LogP contribution < -0.4 is 0 Å². The van der Waals surface area contributed by atoms with E-state index in [2.05, 4.69) is 0 Å². The zero-order chi connectivity index (χ0) is 13.4. The maximum absolute atomic E-state index is 14.0. The summed E-state index contributed by atoms with van der Waals surface area (Å²) in [6, 6.07) is 3.45. The SMILES string of the molecule is CC(C)c1cc2c(cc1F)C(=O)N(C(C)C)CC2. The van der Waals surface area contributed by atoms with Crippen molar-refractivity contribution in [3.63, 3.8) is 0 Å². The van der Waals surface area contributed by atoms with Gasteiger partial charge in [0, 0.05) is 18.2 Å². The highest BCUT2D eigenvalue weighted by Gasteiger charge is 2.27. The molecule has 98 valence electrons. The predicted octanol–water partition coefficient (Wildman–Crippen LogP) is 3.36. The molecule has 1 aliphatic heterocycles. The summed E-state index contributed by atoms with van der Waals surface area (Å²) < 4.78 is 14.0. The van der Waals surface area contributed by atoms with Gasteiger partial charge >= 0.3 is 0 Å². The predicted molar refractivity (Wildman–Crippen MR) is 70.4 cm³/mol. The Bertz CT molecular complexity index is 480. The average molecular weight is 249 g/mol. The summed E-state index contributed by atoms with van der Waals surface area (Å²) in [6.45, 7) is 8.64. The molecule has 0 fully saturated rings. The van der Waals surface area contributed by atoms with E-state index in [-0.39, 0.29) is 23.7 Å². The largest absolute Gasteiger partial charge is 0.336 e. The summed E-state index contributed by atoms with van der Waals surface area (Å²) >= 11 is 0. The molecule has 0 saturated carbocycles. The Morgan fingerprint density at radius 3 is 2.44 bits per heavy atom. The molecule has 0 spiro atoms. The summed E-state index contributed by atoms with van der Waals surface area (Å²) in [5.41, 5.74) is 2.23. The summed E-state index contributed by atoms with van der Waals surface area (Å²) in [7, 11) is 0. The normalized spacial score (nSPS) is 15.5. The van der Waals surface area contributed by atoms with Gasteiger partial charge in [-0.3, -0.25) is 4.79 Å². The smallest absolute Gasteiger partial charge is 0.254 e. The first-order chi connectivity index (χ1) is 8.41. The number of fused-ring (bicyclic) bond motifs is 1. The molecule has 0 unspecified atom stereocenters. The maximum atomic E-state index is 14.0. The van der Waals surface area contributed by atoms with Gasteiger partial charge in [0.25, 0.3) is 5.91 Å². The van der Waals surface area contributed by atoms with Crippen LogP contribution in [0.2, 0.25) is 0 Å². The van der Waals surface area contributed by atoms with Crippen molar-refractivity contribution in [2.75, 3.05) is 6.54 Å². The molecule has 18 heavy (non-hydrogen) atoms. The van der Waals surface area contributed by atoms with E-state index >= 15 is 0 Å². The van der Waals surface area contributed by atoms with Crippen LogP contribution in [0, 0.1) is 5.82 Å². The summed E-state index contributed by atoms with van der Waals surface area (Å²) in [5.74, 6) is -0.156. The van der Waals surface area contributed by atoms with E-state index in [0.717, 1.165) is 18.5 Å². The molecule has 3 heteroatoms. The van der Waals surface area contributed by atoms with E-state index in [4.69, 9.17) is 0 Å². The van der Waals surface area contributed by atoms with Crippen molar-refractivity contribution in [2.45, 2.75) is 46.1 Å². The van der Waals surface area contributed by atoms with E-state index in [1.807, 2.05) is 33.8 Å². The van der Waals surface area contributed by atoms with E-state index < -0.39 is 0 Å². The number of hydrogen-bond acceptors (Lipinski definition) is 1. The Balaban J connectivity index is 2.45. The topological polar surface area (TPSA) is 20.3 Å². The van der Waals surface area contributed by atoms with E-state index in [1.54, 1.807) is 4.90 Å². The molecule has 0 aliphatic carbocycles. The van der Waals surface area contributed by atoms with Gasteiger partial charge in [-0.1, -0.05) is 19.9 Å². The standard InChI is InChI=1S/C15H20FNO/c1-9(2)12-7-11-5-6-17(10(3)4)15(18)13(11)8-14(12)16/h7-10H,5-6H2,1-4H3. The Labute approximate surface area is 108 Å². The van der Waals surface area contributed by atoms with Crippen molar-refractivity contribution in [3.8, 4) is 0 Å². The lowest BCUT2D eigenvalue weighted by Crippen LogP contribution is -2.42. The Morgan fingerprint density at radius 2 is 1.89 bits per heavy atom. The van der Waals surface area contributed by atoms with Crippen molar-refractivity contribution in [1.29, 1.82) is 0 Å². The Morgan fingerprint density at radius 1 is 1.22 bits per heavy atom. The fraction of sp³-hybridized carbons (Fsp3) is 0.533. The summed E-state index contributed by atoms with van der Waals surface area (Å²) in [4.78, 5) is 14.1. The molecule has 1 amide bonds. The first kappa shape index (κ1) is 13.1. The lowest BCUT2D eigenvalue weighted by molar-refractivity contribution is 0.0688. The number of hydrogen-bond donors (Lipinski definition) is 0. The third-order valence-electron chi connectivity index (χ3n) is 3.58. The van der Waals surface area contributed by atoms with Crippen molar-refractivity contribution >= 4 is 5.91 Å². The van der Waals surface area contributed by atoms with Gasteiger partial charge in [0.05, 0.1) is 0 Å². The van der Waals surface area contributed by atoms with Crippen LogP contribution in [0.25, 0.3) is 0 Å². The molecule has 2 nitrogen and oxygen atoms in total. The van der Waals surface area contributed by atoms with Gasteiger partial charge in [0.1, 0.15) is 5.82 Å². The minimum Gasteiger partial charge on any atom is -0.336 e. The summed E-state index contributed by atoms with van der Waals surface area (Å²) in [6.07, 6.45) is 0.819. The molecule has 1 aliphatic rings. The van der Waals surface area contributed by atoms with Gasteiger partial charge in [-0.05, 0) is 43.4 Å². The quantitative estimate of drug-likeness (QED) is 0.787. The van der Waals surface area contributed by atoms with Gasteiger partial charge in [-0.15, -0.1) is 0 Å². The molecule has 0 radical (unpaired) electrons. The molecule has 0 saturated heterocycles. The number of carbonyl (C=O) groups excluding carboxylic acids is 1. The van der Waals surface area contributed by atoms with Gasteiger partial charge in [-0.2, -0.15) is 0 Å². The van der Waals surface area contributed by atoms with Crippen molar-refractivity contribution < 1.29 is 9.18 Å². The summed E-state index contributed by atoms with van der Waals surface area (Å²) in [5, 5.41) is 0. The first-order valence-corrected chi connectivity index (χ1v) is 6.55. The van der Waals surface area contributed by atoms with E-state index in [1.165, 1.54) is 6.07 Å². The van der Waals surface area contributed by atoms with Crippen molar-refractivity contribution in [2.24, 2.45) is 0 Å². The molecule has 1 aromatic carbocycles. The number of amides is 1. The van der Waals surface area contributed by atoms with Crippen molar-refractivity contribution in [3.05, 3.63) is 34.6 Å². The maximum Gasteiger partial charge on any atom is 0.254 e. The molecule has 0 atom stereocenters. The van der Waals surface area contributed by atoms with Crippen LogP contribution in [-0.2, 0) is 6.42 Å². The fourth-order valence-corrected chi connectivity index (χ4v) is 2.48. The second-order valence-corrected chi connectivity index (χ2v) is 5.53. The molecular weight excluding hydrogens is 229 g/mol. The first-order valence-electron chi connectivity index (χ1n) is 6.55. The Kier molecular flexibility index (Phi) is 3.42. The van der Waals surface area contributed by atoms with Crippen LogP contribution in [0.1, 0.15) is 55.1 Å².